The van der Waals surface area contributed by atoms with Gasteiger partial charge in [-0.25, -0.2) is 9.97 Å². The highest BCUT2D eigenvalue weighted by Crippen LogP contribution is 2.30. The Morgan fingerprint density at radius 1 is 1.20 bits per heavy atom. The van der Waals surface area contributed by atoms with Gasteiger partial charge in [0.05, 0.1) is 0 Å². The molecule has 1 aromatic rings. The van der Waals surface area contributed by atoms with Gasteiger partial charge in [-0.1, -0.05) is 6.92 Å². The standard InChI is InChI=1S/C15H25N5/c1-2-5-16-14-10-15(18-12-17-14)20-8-6-19(7-9-20)11-13-3-4-13/h10,12-13H,2-9,11H2,1H3,(H,16,17,18). The molecule has 0 unspecified atom stereocenters. The average molecular weight is 275 g/mol. The topological polar surface area (TPSA) is 44.3 Å². The lowest BCUT2D eigenvalue weighted by atomic mass is 10.2. The SMILES string of the molecule is CCCNc1cc(N2CCN(CC3CC3)CC2)ncn1. The third-order valence-electron chi connectivity index (χ3n) is 4.12. The number of nitrogens with one attached hydrogen (secondary N) is 1. The van der Waals surface area contributed by atoms with Crippen LogP contribution in [0.4, 0.5) is 11.6 Å². The van der Waals surface area contributed by atoms with Crippen molar-refractivity contribution in [1.29, 1.82) is 0 Å². The molecule has 0 spiro atoms. The molecular weight excluding hydrogens is 250 g/mol. The first kappa shape index (κ1) is 13.6. The molecule has 1 aromatic heterocycles. The average Bonchev–Trinajstić information content (AvgIpc) is 3.30. The van der Waals surface area contributed by atoms with E-state index in [1.807, 2.05) is 0 Å². The minimum Gasteiger partial charge on any atom is -0.370 e. The van der Waals surface area contributed by atoms with Crippen molar-refractivity contribution >= 4 is 11.6 Å². The molecule has 1 aliphatic heterocycles. The largest absolute Gasteiger partial charge is 0.370 e. The lowest BCUT2D eigenvalue weighted by molar-refractivity contribution is 0.247. The predicted octanol–water partition coefficient (Wildman–Crippen LogP) is 1.83. The van der Waals surface area contributed by atoms with Crippen LogP contribution >= 0.6 is 0 Å². The highest BCUT2D eigenvalue weighted by atomic mass is 15.3. The maximum atomic E-state index is 4.43. The molecule has 2 heterocycles. The number of rotatable bonds is 6. The summed E-state index contributed by atoms with van der Waals surface area (Å²) in [6.45, 7) is 8.92. The van der Waals surface area contributed by atoms with Crippen LogP contribution in [0.3, 0.4) is 0 Å². The number of aromatic nitrogens is 2. The first-order chi connectivity index (χ1) is 9.85. The second kappa shape index (κ2) is 6.39. The zero-order valence-corrected chi connectivity index (χ0v) is 12.4. The summed E-state index contributed by atoms with van der Waals surface area (Å²) in [4.78, 5) is 13.7. The fraction of sp³-hybridized carbons (Fsp3) is 0.733. The van der Waals surface area contributed by atoms with Crippen LogP contribution in [-0.4, -0.2) is 54.1 Å². The summed E-state index contributed by atoms with van der Waals surface area (Å²) in [5.74, 6) is 2.99. The summed E-state index contributed by atoms with van der Waals surface area (Å²) in [7, 11) is 0. The zero-order valence-electron chi connectivity index (χ0n) is 12.4. The molecule has 0 bridgehead atoms. The predicted molar refractivity (Wildman–Crippen MR) is 82.2 cm³/mol. The minimum absolute atomic E-state index is 0.942. The molecule has 110 valence electrons. The van der Waals surface area contributed by atoms with E-state index in [0.717, 1.165) is 56.7 Å². The second-order valence-corrected chi connectivity index (χ2v) is 5.92. The van der Waals surface area contributed by atoms with Gasteiger partial charge in [0.25, 0.3) is 0 Å². The van der Waals surface area contributed by atoms with Crippen molar-refractivity contribution in [3.8, 4) is 0 Å². The van der Waals surface area contributed by atoms with Crippen LogP contribution in [0.2, 0.25) is 0 Å². The molecule has 0 amide bonds. The molecule has 20 heavy (non-hydrogen) atoms. The van der Waals surface area contributed by atoms with Gasteiger partial charge in [0, 0.05) is 45.3 Å². The van der Waals surface area contributed by atoms with Crippen LogP contribution in [0.25, 0.3) is 0 Å². The Hall–Kier alpha value is -1.36. The summed E-state index contributed by atoms with van der Waals surface area (Å²) in [5.41, 5.74) is 0. The molecule has 1 saturated carbocycles. The van der Waals surface area contributed by atoms with Gasteiger partial charge in [-0.05, 0) is 25.2 Å². The number of hydrogen-bond acceptors (Lipinski definition) is 5. The van der Waals surface area contributed by atoms with Crippen molar-refractivity contribution in [2.45, 2.75) is 26.2 Å². The molecule has 3 rings (SSSR count). The van der Waals surface area contributed by atoms with Gasteiger partial charge in [0.1, 0.15) is 18.0 Å². The van der Waals surface area contributed by atoms with Crippen molar-refractivity contribution in [3.05, 3.63) is 12.4 Å². The molecule has 0 aromatic carbocycles. The van der Waals surface area contributed by atoms with Crippen LogP contribution in [0.1, 0.15) is 26.2 Å². The summed E-state index contributed by atoms with van der Waals surface area (Å²) in [6.07, 6.45) is 5.67. The Labute approximate surface area is 121 Å². The van der Waals surface area contributed by atoms with Gasteiger partial charge >= 0.3 is 0 Å². The summed E-state index contributed by atoms with van der Waals surface area (Å²) >= 11 is 0. The van der Waals surface area contributed by atoms with Gasteiger partial charge in [0.2, 0.25) is 0 Å². The first-order valence-electron chi connectivity index (χ1n) is 7.88. The quantitative estimate of drug-likeness (QED) is 0.858. The van der Waals surface area contributed by atoms with Gasteiger partial charge in [-0.15, -0.1) is 0 Å². The molecule has 1 aliphatic carbocycles. The maximum absolute atomic E-state index is 4.43. The highest BCUT2D eigenvalue weighted by Gasteiger charge is 2.26. The van der Waals surface area contributed by atoms with Crippen LogP contribution in [0, 0.1) is 5.92 Å². The van der Waals surface area contributed by atoms with E-state index in [2.05, 4.69) is 38.1 Å². The van der Waals surface area contributed by atoms with E-state index in [9.17, 15) is 0 Å². The van der Waals surface area contributed by atoms with Crippen LogP contribution in [-0.2, 0) is 0 Å². The Kier molecular flexibility index (Phi) is 4.35. The fourth-order valence-electron chi connectivity index (χ4n) is 2.69. The smallest absolute Gasteiger partial charge is 0.134 e. The molecular formula is C15H25N5. The fourth-order valence-corrected chi connectivity index (χ4v) is 2.69. The number of anilines is 2. The van der Waals surface area contributed by atoms with Crippen molar-refractivity contribution in [2.75, 3.05) is 49.5 Å². The molecule has 2 aliphatic rings. The van der Waals surface area contributed by atoms with E-state index in [4.69, 9.17) is 0 Å². The number of hydrogen-bond donors (Lipinski definition) is 1. The lowest BCUT2D eigenvalue weighted by Gasteiger charge is -2.35. The van der Waals surface area contributed by atoms with Crippen LogP contribution < -0.4 is 10.2 Å². The minimum atomic E-state index is 0.942. The molecule has 5 heteroatoms. The highest BCUT2D eigenvalue weighted by molar-refractivity contribution is 5.48. The molecule has 0 radical (unpaired) electrons. The van der Waals surface area contributed by atoms with Gasteiger partial charge < -0.3 is 10.2 Å². The summed E-state index contributed by atoms with van der Waals surface area (Å²) in [6, 6.07) is 2.08. The van der Waals surface area contributed by atoms with E-state index in [0.29, 0.717) is 0 Å². The summed E-state index contributed by atoms with van der Waals surface area (Å²) in [5, 5.41) is 3.33. The van der Waals surface area contributed by atoms with E-state index in [-0.39, 0.29) is 0 Å². The maximum Gasteiger partial charge on any atom is 0.134 e. The van der Waals surface area contributed by atoms with Crippen LogP contribution in [0.5, 0.6) is 0 Å². The Morgan fingerprint density at radius 3 is 2.70 bits per heavy atom. The third kappa shape index (κ3) is 3.60. The Morgan fingerprint density at radius 2 is 2.00 bits per heavy atom. The monoisotopic (exact) mass is 275 g/mol. The molecule has 1 N–H and O–H groups in total. The van der Waals surface area contributed by atoms with Gasteiger partial charge in [0.15, 0.2) is 0 Å². The molecule has 2 fully saturated rings. The van der Waals surface area contributed by atoms with E-state index < -0.39 is 0 Å². The van der Waals surface area contributed by atoms with Crippen molar-refractivity contribution in [3.63, 3.8) is 0 Å². The normalized spacial score (nSPS) is 20.1. The second-order valence-electron chi connectivity index (χ2n) is 5.92. The van der Waals surface area contributed by atoms with Crippen molar-refractivity contribution < 1.29 is 0 Å². The zero-order chi connectivity index (χ0) is 13.8. The van der Waals surface area contributed by atoms with E-state index in [1.165, 1.54) is 19.4 Å². The van der Waals surface area contributed by atoms with E-state index in [1.54, 1.807) is 6.33 Å². The van der Waals surface area contributed by atoms with Gasteiger partial charge in [-0.2, -0.15) is 0 Å². The first-order valence-corrected chi connectivity index (χ1v) is 7.88. The number of piperazine rings is 1. The molecule has 5 nitrogen and oxygen atoms in total. The molecule has 1 saturated heterocycles. The van der Waals surface area contributed by atoms with Crippen molar-refractivity contribution in [2.24, 2.45) is 5.92 Å². The summed E-state index contributed by atoms with van der Waals surface area (Å²) < 4.78 is 0. The molecule has 0 atom stereocenters. The van der Waals surface area contributed by atoms with Crippen LogP contribution in [0.15, 0.2) is 12.4 Å². The lowest BCUT2D eigenvalue weighted by Crippen LogP contribution is -2.47. The Bertz CT molecular complexity index is 424. The third-order valence-corrected chi connectivity index (χ3v) is 4.12. The number of nitrogens with zero attached hydrogens (tertiary/aromatic N) is 4. The van der Waals surface area contributed by atoms with E-state index >= 15 is 0 Å². The van der Waals surface area contributed by atoms with Crippen molar-refractivity contribution in [1.82, 2.24) is 14.9 Å². The van der Waals surface area contributed by atoms with Gasteiger partial charge in [-0.3, -0.25) is 4.90 Å². The Balaban J connectivity index is 1.53.